The first kappa shape index (κ1) is 19.4. The second-order valence-electron chi connectivity index (χ2n) is 7.51. The predicted molar refractivity (Wildman–Crippen MR) is 108 cm³/mol. The van der Waals surface area contributed by atoms with Crippen molar-refractivity contribution in [1.82, 2.24) is 9.80 Å². The van der Waals surface area contributed by atoms with E-state index in [0.29, 0.717) is 19.0 Å². The number of halogens is 1. The lowest BCUT2D eigenvalue weighted by molar-refractivity contribution is 0.143. The average molecular weight is 369 g/mol. The fourth-order valence-electron chi connectivity index (χ4n) is 3.49. The van der Waals surface area contributed by atoms with Gasteiger partial charge in [-0.2, -0.15) is 0 Å². The molecular weight excluding hydrogens is 341 g/mol. The highest BCUT2D eigenvalue weighted by atomic mass is 19.1. The number of carbonyl (C=O) groups excluding carboxylic acids is 1. The molecule has 1 saturated heterocycles. The predicted octanol–water partition coefficient (Wildman–Crippen LogP) is 4.61. The molecule has 0 saturated carbocycles. The topological polar surface area (TPSA) is 35.6 Å². The quantitative estimate of drug-likeness (QED) is 0.854. The standard InChI is InChI=1S/C22H28FN3O/c1-16(2)20-6-4-5-17(3)21(20)24-22(27)26-13-11-25(12-14-26)15-18-7-9-19(23)10-8-18/h4-10,16H,11-15H2,1-3H3,(H,24,27). The van der Waals surface area contributed by atoms with Gasteiger partial charge in [0.05, 0.1) is 0 Å². The van der Waals surface area contributed by atoms with Gasteiger partial charge in [-0.05, 0) is 41.7 Å². The Morgan fingerprint density at radius 2 is 1.74 bits per heavy atom. The maximum absolute atomic E-state index is 13.0. The molecule has 4 nitrogen and oxygen atoms in total. The van der Waals surface area contributed by atoms with E-state index in [1.807, 2.05) is 36.1 Å². The fraction of sp³-hybridized carbons (Fsp3) is 0.409. The third-order valence-corrected chi connectivity index (χ3v) is 5.14. The molecule has 1 aliphatic rings. The summed E-state index contributed by atoms with van der Waals surface area (Å²) in [7, 11) is 0. The Morgan fingerprint density at radius 3 is 2.37 bits per heavy atom. The Labute approximate surface area is 161 Å². The maximum atomic E-state index is 13.0. The molecule has 0 spiro atoms. The van der Waals surface area contributed by atoms with E-state index in [4.69, 9.17) is 0 Å². The molecule has 144 valence electrons. The number of nitrogens with zero attached hydrogens (tertiary/aromatic N) is 2. The zero-order valence-corrected chi connectivity index (χ0v) is 16.3. The number of urea groups is 1. The molecule has 2 amide bonds. The summed E-state index contributed by atoms with van der Waals surface area (Å²) in [5, 5.41) is 3.13. The van der Waals surface area contributed by atoms with Crippen LogP contribution in [0.3, 0.4) is 0 Å². The first-order valence-corrected chi connectivity index (χ1v) is 9.56. The normalized spacial score (nSPS) is 15.2. The van der Waals surface area contributed by atoms with Gasteiger partial charge in [0.25, 0.3) is 0 Å². The zero-order valence-electron chi connectivity index (χ0n) is 16.3. The van der Waals surface area contributed by atoms with Gasteiger partial charge in [0.15, 0.2) is 0 Å². The molecule has 0 radical (unpaired) electrons. The SMILES string of the molecule is Cc1cccc(C(C)C)c1NC(=O)N1CCN(Cc2ccc(F)cc2)CC1. The van der Waals surface area contributed by atoms with E-state index in [-0.39, 0.29) is 11.8 Å². The summed E-state index contributed by atoms with van der Waals surface area (Å²) in [5.74, 6) is 0.143. The van der Waals surface area contributed by atoms with E-state index in [9.17, 15) is 9.18 Å². The van der Waals surface area contributed by atoms with Crippen molar-refractivity contribution in [3.8, 4) is 0 Å². The van der Waals surface area contributed by atoms with Crippen molar-refractivity contribution in [3.05, 3.63) is 65.0 Å². The smallest absolute Gasteiger partial charge is 0.321 e. The maximum Gasteiger partial charge on any atom is 0.321 e. The highest BCUT2D eigenvalue weighted by Gasteiger charge is 2.22. The molecule has 2 aromatic rings. The number of hydrogen-bond donors (Lipinski definition) is 1. The molecule has 27 heavy (non-hydrogen) atoms. The van der Waals surface area contributed by atoms with Gasteiger partial charge >= 0.3 is 6.03 Å². The van der Waals surface area contributed by atoms with Crippen molar-refractivity contribution in [2.24, 2.45) is 0 Å². The Bertz CT molecular complexity index is 781. The van der Waals surface area contributed by atoms with Crippen molar-refractivity contribution in [1.29, 1.82) is 0 Å². The molecule has 0 aromatic heterocycles. The Balaban J connectivity index is 1.57. The number of rotatable bonds is 4. The van der Waals surface area contributed by atoms with Crippen LogP contribution in [0.2, 0.25) is 0 Å². The minimum absolute atomic E-state index is 0.0346. The van der Waals surface area contributed by atoms with E-state index in [2.05, 4.69) is 30.1 Å². The Morgan fingerprint density at radius 1 is 1.07 bits per heavy atom. The van der Waals surface area contributed by atoms with Gasteiger partial charge in [-0.15, -0.1) is 0 Å². The number of piperazine rings is 1. The average Bonchev–Trinajstić information content (AvgIpc) is 2.65. The van der Waals surface area contributed by atoms with Crippen LogP contribution in [0.1, 0.15) is 36.5 Å². The van der Waals surface area contributed by atoms with E-state index in [1.54, 1.807) is 0 Å². The number of amides is 2. The molecule has 5 heteroatoms. The van der Waals surface area contributed by atoms with Crippen molar-refractivity contribution in [2.75, 3.05) is 31.5 Å². The van der Waals surface area contributed by atoms with Crippen LogP contribution in [0.25, 0.3) is 0 Å². The van der Waals surface area contributed by atoms with E-state index in [0.717, 1.165) is 36.4 Å². The largest absolute Gasteiger partial charge is 0.322 e. The molecule has 1 aliphatic heterocycles. The molecule has 0 aliphatic carbocycles. The first-order valence-electron chi connectivity index (χ1n) is 9.56. The lowest BCUT2D eigenvalue weighted by Crippen LogP contribution is -2.49. The molecule has 0 atom stereocenters. The molecular formula is C22H28FN3O. The summed E-state index contributed by atoms with van der Waals surface area (Å²) >= 11 is 0. The number of anilines is 1. The minimum atomic E-state index is -0.211. The second kappa shape index (κ2) is 8.53. The van der Waals surface area contributed by atoms with E-state index in [1.165, 1.54) is 17.7 Å². The molecule has 0 unspecified atom stereocenters. The van der Waals surface area contributed by atoms with Crippen LogP contribution < -0.4 is 5.32 Å². The van der Waals surface area contributed by atoms with Crippen LogP contribution in [0.5, 0.6) is 0 Å². The summed E-state index contributed by atoms with van der Waals surface area (Å²) in [4.78, 5) is 16.9. The highest BCUT2D eigenvalue weighted by molar-refractivity contribution is 5.91. The molecule has 1 fully saturated rings. The van der Waals surface area contributed by atoms with Crippen molar-refractivity contribution in [2.45, 2.75) is 33.2 Å². The second-order valence-corrected chi connectivity index (χ2v) is 7.51. The van der Waals surface area contributed by atoms with E-state index >= 15 is 0 Å². The van der Waals surface area contributed by atoms with Gasteiger partial charge in [-0.25, -0.2) is 9.18 Å². The summed E-state index contributed by atoms with van der Waals surface area (Å²) < 4.78 is 13.0. The monoisotopic (exact) mass is 369 g/mol. The molecule has 0 bridgehead atoms. The molecule has 2 aromatic carbocycles. The molecule has 3 rings (SSSR count). The third kappa shape index (κ3) is 4.86. The number of benzene rings is 2. The van der Waals surface area contributed by atoms with Crippen LogP contribution in [-0.2, 0) is 6.54 Å². The highest BCUT2D eigenvalue weighted by Crippen LogP contribution is 2.27. The van der Waals surface area contributed by atoms with Gasteiger partial charge in [0.2, 0.25) is 0 Å². The van der Waals surface area contributed by atoms with Crippen LogP contribution in [0, 0.1) is 12.7 Å². The number of carbonyl (C=O) groups is 1. The van der Waals surface area contributed by atoms with Crippen LogP contribution in [-0.4, -0.2) is 42.0 Å². The number of aryl methyl sites for hydroxylation is 1. The fourth-order valence-corrected chi connectivity index (χ4v) is 3.49. The van der Waals surface area contributed by atoms with Crippen LogP contribution >= 0.6 is 0 Å². The lowest BCUT2D eigenvalue weighted by Gasteiger charge is -2.35. The Kier molecular flexibility index (Phi) is 6.11. The first-order chi connectivity index (χ1) is 12.9. The van der Waals surface area contributed by atoms with Crippen molar-refractivity contribution < 1.29 is 9.18 Å². The van der Waals surface area contributed by atoms with Crippen LogP contribution in [0.15, 0.2) is 42.5 Å². The van der Waals surface area contributed by atoms with Gasteiger partial charge < -0.3 is 10.2 Å². The number of para-hydroxylation sites is 1. The molecule has 1 N–H and O–H groups in total. The van der Waals surface area contributed by atoms with Gasteiger partial charge in [-0.1, -0.05) is 44.2 Å². The van der Waals surface area contributed by atoms with E-state index < -0.39 is 0 Å². The van der Waals surface area contributed by atoms with Gasteiger partial charge in [-0.3, -0.25) is 4.90 Å². The lowest BCUT2D eigenvalue weighted by atomic mass is 9.98. The number of hydrogen-bond acceptors (Lipinski definition) is 2. The van der Waals surface area contributed by atoms with Crippen molar-refractivity contribution >= 4 is 11.7 Å². The molecule has 1 heterocycles. The minimum Gasteiger partial charge on any atom is -0.322 e. The summed E-state index contributed by atoms with van der Waals surface area (Å²) in [6, 6.07) is 12.7. The zero-order chi connectivity index (χ0) is 19.4. The van der Waals surface area contributed by atoms with Crippen LogP contribution in [0.4, 0.5) is 14.9 Å². The third-order valence-electron chi connectivity index (χ3n) is 5.14. The van der Waals surface area contributed by atoms with Gasteiger partial charge in [0, 0.05) is 38.4 Å². The summed E-state index contributed by atoms with van der Waals surface area (Å²) in [6.45, 7) is 10.1. The summed E-state index contributed by atoms with van der Waals surface area (Å²) in [6.07, 6.45) is 0. The van der Waals surface area contributed by atoms with Crippen molar-refractivity contribution in [3.63, 3.8) is 0 Å². The summed E-state index contributed by atoms with van der Waals surface area (Å²) in [5.41, 5.74) is 4.28. The Hall–Kier alpha value is -2.40. The number of nitrogens with one attached hydrogen (secondary N) is 1. The van der Waals surface area contributed by atoms with Gasteiger partial charge in [0.1, 0.15) is 5.82 Å².